The number of para-hydroxylation sites is 1. The second-order valence-electron chi connectivity index (χ2n) is 7.17. The van der Waals surface area contributed by atoms with Gasteiger partial charge in [0, 0.05) is 29.1 Å². The van der Waals surface area contributed by atoms with E-state index in [0.29, 0.717) is 11.7 Å². The van der Waals surface area contributed by atoms with Crippen LogP contribution in [0.15, 0.2) is 64.9 Å². The molecule has 1 saturated carbocycles. The molecule has 1 aliphatic rings. The molecule has 144 valence electrons. The Morgan fingerprint density at radius 2 is 1.72 bits per heavy atom. The van der Waals surface area contributed by atoms with Crippen LogP contribution in [0.25, 0.3) is 17.2 Å². The predicted molar refractivity (Wildman–Crippen MR) is 112 cm³/mol. The summed E-state index contributed by atoms with van der Waals surface area (Å²) in [4.78, 5) is 13.9. The third-order valence-electron chi connectivity index (χ3n) is 5.04. The minimum absolute atomic E-state index is 0.495. The van der Waals surface area contributed by atoms with Crippen molar-refractivity contribution in [2.45, 2.75) is 42.8 Å². The topological polar surface area (TPSA) is 69.4 Å². The van der Waals surface area contributed by atoms with E-state index in [1.807, 2.05) is 50.2 Å². The van der Waals surface area contributed by atoms with Gasteiger partial charge in [-0.25, -0.2) is 9.97 Å². The van der Waals surface area contributed by atoms with Gasteiger partial charge in [-0.15, -0.1) is 10.2 Å². The van der Waals surface area contributed by atoms with E-state index in [2.05, 4.69) is 36.9 Å². The number of aromatic nitrogens is 6. The number of nitrogens with zero attached hydrogens (tertiary/aromatic N) is 6. The summed E-state index contributed by atoms with van der Waals surface area (Å²) in [5.41, 5.74) is 3.83. The van der Waals surface area contributed by atoms with Crippen molar-refractivity contribution in [1.29, 1.82) is 0 Å². The van der Waals surface area contributed by atoms with Gasteiger partial charge in [0.2, 0.25) is 5.16 Å². The van der Waals surface area contributed by atoms with Gasteiger partial charge >= 0.3 is 0 Å². The lowest BCUT2D eigenvalue weighted by Crippen LogP contribution is -2.03. The Bertz CT molecular complexity index is 1150. The minimum Gasteiger partial charge on any atom is -0.273 e. The quantitative estimate of drug-likeness (QED) is 0.450. The van der Waals surface area contributed by atoms with Crippen LogP contribution in [0, 0.1) is 13.8 Å². The summed E-state index contributed by atoms with van der Waals surface area (Å²) in [6.45, 7) is 4.05. The van der Waals surface area contributed by atoms with Crippen molar-refractivity contribution in [2.24, 2.45) is 0 Å². The van der Waals surface area contributed by atoms with E-state index in [-0.39, 0.29) is 0 Å². The summed E-state index contributed by atoms with van der Waals surface area (Å²) in [6.07, 6.45) is 4.10. The van der Waals surface area contributed by atoms with E-state index in [1.54, 1.807) is 6.20 Å². The van der Waals surface area contributed by atoms with E-state index in [4.69, 9.17) is 4.98 Å². The molecular formula is C22H20N6S. The molecule has 1 fully saturated rings. The van der Waals surface area contributed by atoms with Crippen LogP contribution >= 0.6 is 11.8 Å². The Balaban J connectivity index is 1.58. The number of benzene rings is 1. The van der Waals surface area contributed by atoms with Crippen LogP contribution < -0.4 is 0 Å². The minimum atomic E-state index is 0.495. The monoisotopic (exact) mass is 400 g/mol. The summed E-state index contributed by atoms with van der Waals surface area (Å²) >= 11 is 1.54. The van der Waals surface area contributed by atoms with E-state index >= 15 is 0 Å². The predicted octanol–water partition coefficient (Wildman–Crippen LogP) is 4.76. The first-order valence-corrected chi connectivity index (χ1v) is 10.5. The standard InChI is InChI=1S/C22H20N6S/c1-14-15(2)24-19(18-10-6-7-13-23-18)25-21(14)29-22-27-26-20(16-11-12-16)28(22)17-8-4-3-5-9-17/h3-10,13,16H,11-12H2,1-2H3. The molecule has 3 heterocycles. The first-order valence-electron chi connectivity index (χ1n) is 9.66. The molecule has 6 nitrogen and oxygen atoms in total. The van der Waals surface area contributed by atoms with Crippen LogP contribution in [0.5, 0.6) is 0 Å². The second kappa shape index (κ2) is 7.40. The lowest BCUT2D eigenvalue weighted by atomic mass is 10.2. The normalized spacial score (nSPS) is 13.6. The highest BCUT2D eigenvalue weighted by Crippen LogP contribution is 2.42. The van der Waals surface area contributed by atoms with Crippen molar-refractivity contribution in [1.82, 2.24) is 29.7 Å². The summed E-state index contributed by atoms with van der Waals surface area (Å²) in [7, 11) is 0. The van der Waals surface area contributed by atoms with E-state index in [0.717, 1.165) is 38.6 Å². The molecule has 3 aromatic heterocycles. The van der Waals surface area contributed by atoms with Crippen molar-refractivity contribution >= 4 is 11.8 Å². The van der Waals surface area contributed by atoms with Crippen LogP contribution in [0.2, 0.25) is 0 Å². The first-order chi connectivity index (χ1) is 14.2. The lowest BCUT2D eigenvalue weighted by molar-refractivity contribution is 0.827. The fourth-order valence-corrected chi connectivity index (χ4v) is 4.15. The van der Waals surface area contributed by atoms with Crippen molar-refractivity contribution in [2.75, 3.05) is 0 Å². The Morgan fingerprint density at radius 3 is 2.45 bits per heavy atom. The third kappa shape index (κ3) is 3.53. The molecule has 0 saturated heterocycles. The largest absolute Gasteiger partial charge is 0.273 e. The van der Waals surface area contributed by atoms with Crippen LogP contribution in [-0.2, 0) is 0 Å². The Hall–Kier alpha value is -3.06. The Labute approximate surface area is 173 Å². The number of pyridine rings is 1. The molecule has 7 heteroatoms. The molecule has 0 N–H and O–H groups in total. The number of hydrogen-bond acceptors (Lipinski definition) is 6. The lowest BCUT2D eigenvalue weighted by Gasteiger charge is -2.12. The molecule has 4 aromatic rings. The molecule has 29 heavy (non-hydrogen) atoms. The summed E-state index contributed by atoms with van der Waals surface area (Å²) < 4.78 is 2.17. The zero-order chi connectivity index (χ0) is 19.8. The number of rotatable bonds is 5. The van der Waals surface area contributed by atoms with Gasteiger partial charge in [-0.2, -0.15) is 0 Å². The summed E-state index contributed by atoms with van der Waals surface area (Å²) in [6, 6.07) is 16.1. The van der Waals surface area contributed by atoms with Crippen molar-refractivity contribution in [3.8, 4) is 17.2 Å². The maximum absolute atomic E-state index is 4.81. The van der Waals surface area contributed by atoms with Gasteiger partial charge < -0.3 is 0 Å². The fourth-order valence-electron chi connectivity index (χ4n) is 3.17. The van der Waals surface area contributed by atoms with Crippen molar-refractivity contribution in [3.63, 3.8) is 0 Å². The van der Waals surface area contributed by atoms with Gasteiger partial charge in [-0.05, 0) is 62.7 Å². The molecule has 0 atom stereocenters. The molecule has 1 aliphatic carbocycles. The Kier molecular flexibility index (Phi) is 4.60. The molecule has 0 bridgehead atoms. The highest BCUT2D eigenvalue weighted by Gasteiger charge is 2.31. The van der Waals surface area contributed by atoms with Gasteiger partial charge in [0.25, 0.3) is 0 Å². The zero-order valence-corrected chi connectivity index (χ0v) is 17.1. The van der Waals surface area contributed by atoms with Crippen molar-refractivity contribution in [3.05, 3.63) is 71.8 Å². The molecule has 0 unspecified atom stereocenters. The summed E-state index contributed by atoms with van der Waals surface area (Å²) in [5.74, 6) is 2.16. The Morgan fingerprint density at radius 1 is 0.931 bits per heavy atom. The number of aryl methyl sites for hydroxylation is 1. The maximum atomic E-state index is 4.81. The summed E-state index contributed by atoms with van der Waals surface area (Å²) in [5, 5.41) is 10.7. The molecule has 0 spiro atoms. The van der Waals surface area contributed by atoms with Gasteiger partial charge in [-0.1, -0.05) is 24.3 Å². The van der Waals surface area contributed by atoms with E-state index < -0.39 is 0 Å². The molecule has 0 aliphatic heterocycles. The SMILES string of the molecule is Cc1nc(-c2ccccn2)nc(Sc2nnc(C3CC3)n2-c2ccccc2)c1C. The van der Waals surface area contributed by atoms with Crippen molar-refractivity contribution < 1.29 is 0 Å². The van der Waals surface area contributed by atoms with Crippen LogP contribution in [0.3, 0.4) is 0 Å². The fraction of sp³-hybridized carbons (Fsp3) is 0.227. The average Bonchev–Trinajstić information content (AvgIpc) is 3.52. The van der Waals surface area contributed by atoms with Gasteiger partial charge in [0.15, 0.2) is 5.82 Å². The number of hydrogen-bond donors (Lipinski definition) is 0. The highest BCUT2D eigenvalue weighted by molar-refractivity contribution is 7.99. The molecule has 5 rings (SSSR count). The molecule has 1 aromatic carbocycles. The zero-order valence-electron chi connectivity index (χ0n) is 16.3. The van der Waals surface area contributed by atoms with E-state index in [9.17, 15) is 0 Å². The first kappa shape index (κ1) is 18.0. The second-order valence-corrected chi connectivity index (χ2v) is 8.12. The third-order valence-corrected chi connectivity index (χ3v) is 6.08. The smallest absolute Gasteiger partial charge is 0.202 e. The average molecular weight is 401 g/mol. The van der Waals surface area contributed by atoms with Crippen LogP contribution in [-0.4, -0.2) is 29.7 Å². The van der Waals surface area contributed by atoms with Gasteiger partial charge in [0.1, 0.15) is 16.5 Å². The van der Waals surface area contributed by atoms with Crippen LogP contribution in [0.4, 0.5) is 0 Å². The highest BCUT2D eigenvalue weighted by atomic mass is 32.2. The molecule has 0 radical (unpaired) electrons. The van der Waals surface area contributed by atoms with E-state index in [1.165, 1.54) is 24.6 Å². The maximum Gasteiger partial charge on any atom is 0.202 e. The van der Waals surface area contributed by atoms with Gasteiger partial charge in [-0.3, -0.25) is 9.55 Å². The van der Waals surface area contributed by atoms with Gasteiger partial charge in [0.05, 0.1) is 0 Å². The molecule has 0 amide bonds. The van der Waals surface area contributed by atoms with Crippen LogP contribution in [0.1, 0.15) is 35.8 Å². The molecular weight excluding hydrogens is 380 g/mol.